The van der Waals surface area contributed by atoms with E-state index in [4.69, 9.17) is 15.2 Å². The van der Waals surface area contributed by atoms with Gasteiger partial charge in [0.15, 0.2) is 0 Å². The number of nitrogens with zero attached hydrogens (tertiary/aromatic N) is 1. The molecule has 1 heterocycles. The van der Waals surface area contributed by atoms with Crippen molar-refractivity contribution in [2.75, 3.05) is 32.8 Å². The van der Waals surface area contributed by atoms with E-state index >= 15 is 0 Å². The predicted molar refractivity (Wildman–Crippen MR) is 140 cm³/mol. The number of hydrogen-bond donors (Lipinski definition) is 2. The largest absolute Gasteiger partial charge is 0.494 e. The number of carbonyl (C=O) groups excluding carboxylic acids is 1. The third kappa shape index (κ3) is 6.52. The molecule has 1 saturated heterocycles. The van der Waals surface area contributed by atoms with E-state index in [2.05, 4.69) is 29.2 Å². The van der Waals surface area contributed by atoms with Gasteiger partial charge in [0, 0.05) is 12.1 Å². The van der Waals surface area contributed by atoms with E-state index in [0.29, 0.717) is 36.6 Å². The minimum atomic E-state index is -1.93. The minimum Gasteiger partial charge on any atom is -0.494 e. The van der Waals surface area contributed by atoms with Gasteiger partial charge in [0.1, 0.15) is 5.75 Å². The molecule has 0 aliphatic carbocycles. The van der Waals surface area contributed by atoms with Crippen LogP contribution in [0.1, 0.15) is 36.0 Å². The zero-order valence-electron chi connectivity index (χ0n) is 20.7. The second kappa shape index (κ2) is 12.7. The molecule has 0 spiro atoms. The number of piperidine rings is 1. The highest BCUT2D eigenvalue weighted by atomic mass is 16.5. The number of nitrogens with two attached hydrogens (primary N) is 1. The quantitative estimate of drug-likeness (QED) is 0.312. The van der Waals surface area contributed by atoms with Crippen LogP contribution in [0.4, 0.5) is 0 Å². The van der Waals surface area contributed by atoms with Gasteiger partial charge in [-0.05, 0) is 68.1 Å². The molecule has 4 rings (SSSR count). The molecule has 1 aliphatic rings. The third-order valence-electron chi connectivity index (χ3n) is 6.76. The first-order chi connectivity index (χ1) is 17.6. The number of rotatable bonds is 11. The zero-order valence-corrected chi connectivity index (χ0v) is 20.7. The summed E-state index contributed by atoms with van der Waals surface area (Å²) in [4.78, 5) is 15.9. The molecule has 1 unspecified atom stereocenters. The summed E-state index contributed by atoms with van der Waals surface area (Å²) in [5.74, 6) is 0.181. The fourth-order valence-electron chi connectivity index (χ4n) is 4.62. The van der Waals surface area contributed by atoms with Gasteiger partial charge in [-0.25, -0.2) is 4.79 Å². The summed E-state index contributed by atoms with van der Waals surface area (Å²) in [6.07, 6.45) is 2.63. The summed E-state index contributed by atoms with van der Waals surface area (Å²) in [6, 6.07) is 26.4. The Balaban J connectivity index is 1.41. The Morgan fingerprint density at radius 2 is 1.61 bits per heavy atom. The molecule has 1 fully saturated rings. The highest BCUT2D eigenvalue weighted by molar-refractivity contribution is 5.85. The molecule has 0 amide bonds. The van der Waals surface area contributed by atoms with E-state index in [1.54, 1.807) is 48.5 Å². The molecule has 190 valence electrons. The molecule has 0 saturated carbocycles. The Morgan fingerprint density at radius 1 is 0.944 bits per heavy atom. The summed E-state index contributed by atoms with van der Waals surface area (Å²) < 4.78 is 11.5. The molecule has 6 nitrogen and oxygen atoms in total. The number of ether oxygens (including phenoxy) is 2. The van der Waals surface area contributed by atoms with E-state index in [1.165, 1.54) is 5.56 Å². The lowest BCUT2D eigenvalue weighted by Crippen LogP contribution is -2.40. The lowest BCUT2D eigenvalue weighted by atomic mass is 9.86. The Morgan fingerprint density at radius 3 is 2.31 bits per heavy atom. The summed E-state index contributed by atoms with van der Waals surface area (Å²) in [5.41, 5.74) is 5.83. The number of likely N-dealkylation sites (tertiary alicyclic amines) is 1. The van der Waals surface area contributed by atoms with Crippen LogP contribution in [0.2, 0.25) is 0 Å². The van der Waals surface area contributed by atoms with Gasteiger partial charge in [0.25, 0.3) is 0 Å². The first kappa shape index (κ1) is 25.9. The van der Waals surface area contributed by atoms with Gasteiger partial charge in [-0.1, -0.05) is 72.8 Å². The van der Waals surface area contributed by atoms with Crippen molar-refractivity contribution in [1.82, 2.24) is 4.90 Å². The fraction of sp³-hybridized carbons (Fsp3) is 0.367. The number of hydrogen-bond acceptors (Lipinski definition) is 6. The average molecular weight is 489 g/mol. The standard InChI is InChI=1S/C30H36N2O4/c31-17-8-20-35-28-14-7-13-27(21-28)30(34,26-11-5-2-6-12-26)29(33)36-23-25-15-18-32(19-16-25)22-24-9-3-1-4-10-24/h1-7,9-14,21,25,34H,8,15-20,22-23,31H2. The third-order valence-corrected chi connectivity index (χ3v) is 6.76. The molecule has 1 atom stereocenters. The van der Waals surface area contributed by atoms with Crippen LogP contribution >= 0.6 is 0 Å². The number of benzene rings is 3. The molecule has 0 aromatic heterocycles. The average Bonchev–Trinajstić information content (AvgIpc) is 2.93. The smallest absolute Gasteiger partial charge is 0.347 e. The van der Waals surface area contributed by atoms with Crippen molar-refractivity contribution in [3.05, 3.63) is 102 Å². The van der Waals surface area contributed by atoms with Gasteiger partial charge in [-0.15, -0.1) is 0 Å². The van der Waals surface area contributed by atoms with Gasteiger partial charge >= 0.3 is 5.97 Å². The van der Waals surface area contributed by atoms with Gasteiger partial charge in [-0.2, -0.15) is 0 Å². The number of aliphatic hydroxyl groups is 1. The molecular weight excluding hydrogens is 452 g/mol. The van der Waals surface area contributed by atoms with Gasteiger partial charge in [0.05, 0.1) is 13.2 Å². The maximum atomic E-state index is 13.4. The van der Waals surface area contributed by atoms with Crippen LogP contribution in [0.5, 0.6) is 5.75 Å². The second-order valence-electron chi connectivity index (χ2n) is 9.40. The molecule has 3 aromatic rings. The Bertz CT molecular complexity index is 1080. The number of carbonyl (C=O) groups is 1. The molecule has 1 aliphatic heterocycles. The zero-order chi connectivity index (χ0) is 25.2. The van der Waals surface area contributed by atoms with Crippen LogP contribution in [0.25, 0.3) is 0 Å². The van der Waals surface area contributed by atoms with E-state index in [9.17, 15) is 9.90 Å². The van der Waals surface area contributed by atoms with Crippen LogP contribution < -0.4 is 10.5 Å². The lowest BCUT2D eigenvalue weighted by Gasteiger charge is -2.33. The van der Waals surface area contributed by atoms with Gasteiger partial charge in [-0.3, -0.25) is 4.90 Å². The SMILES string of the molecule is NCCCOc1cccc(C(O)(C(=O)OCC2CCN(Cc3ccccc3)CC2)c2ccccc2)c1. The van der Waals surface area contributed by atoms with Crippen LogP contribution in [-0.4, -0.2) is 48.8 Å². The van der Waals surface area contributed by atoms with Crippen molar-refractivity contribution < 1.29 is 19.4 Å². The predicted octanol–water partition coefficient (Wildman–Crippen LogP) is 4.11. The normalized spacial score (nSPS) is 16.3. The highest BCUT2D eigenvalue weighted by Gasteiger charge is 2.42. The highest BCUT2D eigenvalue weighted by Crippen LogP contribution is 2.33. The maximum absolute atomic E-state index is 13.4. The van der Waals surface area contributed by atoms with E-state index in [-0.39, 0.29) is 5.92 Å². The van der Waals surface area contributed by atoms with E-state index in [1.807, 2.05) is 12.1 Å². The van der Waals surface area contributed by atoms with Crippen LogP contribution in [-0.2, 0) is 21.7 Å². The molecule has 6 heteroatoms. The van der Waals surface area contributed by atoms with Crippen molar-refractivity contribution in [3.8, 4) is 5.75 Å². The summed E-state index contributed by atoms with van der Waals surface area (Å²) >= 11 is 0. The Hall–Kier alpha value is -3.19. The van der Waals surface area contributed by atoms with E-state index < -0.39 is 11.6 Å². The molecule has 0 radical (unpaired) electrons. The van der Waals surface area contributed by atoms with Crippen molar-refractivity contribution in [1.29, 1.82) is 0 Å². The minimum absolute atomic E-state index is 0.270. The first-order valence-corrected chi connectivity index (χ1v) is 12.7. The molecule has 3 aromatic carbocycles. The van der Waals surface area contributed by atoms with Gasteiger partial charge < -0.3 is 20.3 Å². The molecule has 3 N–H and O–H groups in total. The topological polar surface area (TPSA) is 85.0 Å². The lowest BCUT2D eigenvalue weighted by molar-refractivity contribution is -0.164. The molecule has 0 bridgehead atoms. The second-order valence-corrected chi connectivity index (χ2v) is 9.40. The van der Waals surface area contributed by atoms with Crippen LogP contribution in [0.15, 0.2) is 84.9 Å². The molecule has 36 heavy (non-hydrogen) atoms. The summed E-state index contributed by atoms with van der Waals surface area (Å²) in [5, 5.41) is 11.8. The van der Waals surface area contributed by atoms with Crippen molar-refractivity contribution in [3.63, 3.8) is 0 Å². The maximum Gasteiger partial charge on any atom is 0.347 e. The van der Waals surface area contributed by atoms with E-state index in [0.717, 1.165) is 38.9 Å². The van der Waals surface area contributed by atoms with Crippen molar-refractivity contribution in [2.24, 2.45) is 11.7 Å². The molecular formula is C30H36N2O4. The van der Waals surface area contributed by atoms with Crippen molar-refractivity contribution in [2.45, 2.75) is 31.4 Å². The summed E-state index contributed by atoms with van der Waals surface area (Å²) in [6.45, 7) is 4.15. The van der Waals surface area contributed by atoms with Gasteiger partial charge in [0.2, 0.25) is 5.60 Å². The summed E-state index contributed by atoms with van der Waals surface area (Å²) in [7, 11) is 0. The first-order valence-electron chi connectivity index (χ1n) is 12.7. The number of esters is 1. The van der Waals surface area contributed by atoms with Crippen molar-refractivity contribution >= 4 is 5.97 Å². The fourth-order valence-corrected chi connectivity index (χ4v) is 4.62. The Kier molecular flexibility index (Phi) is 9.11. The monoisotopic (exact) mass is 488 g/mol. The van der Waals surface area contributed by atoms with Crippen LogP contribution in [0, 0.1) is 5.92 Å². The Labute approximate surface area is 213 Å². The van der Waals surface area contributed by atoms with Crippen LogP contribution in [0.3, 0.4) is 0 Å².